The number of aromatic nitrogens is 3. The molecule has 1 atom stereocenters. The van der Waals surface area contributed by atoms with E-state index < -0.39 is 0 Å². The summed E-state index contributed by atoms with van der Waals surface area (Å²) in [5, 5.41) is 7.75. The van der Waals surface area contributed by atoms with Crippen molar-refractivity contribution in [3.8, 4) is 0 Å². The fourth-order valence-electron chi connectivity index (χ4n) is 2.07. The molecule has 3 rings (SSSR count). The number of benzene rings is 1. The van der Waals surface area contributed by atoms with E-state index in [1.807, 2.05) is 18.3 Å². The number of anilines is 1. The highest BCUT2D eigenvalue weighted by Gasteiger charge is 2.10. The van der Waals surface area contributed by atoms with Crippen molar-refractivity contribution in [1.29, 1.82) is 0 Å². The second-order valence-corrected chi connectivity index (χ2v) is 5.69. The first-order valence-corrected chi connectivity index (χ1v) is 7.27. The molecule has 1 aromatic carbocycles. The maximum absolute atomic E-state index is 4.49. The van der Waals surface area contributed by atoms with Crippen LogP contribution in [-0.2, 0) is 0 Å². The van der Waals surface area contributed by atoms with E-state index in [4.69, 9.17) is 0 Å². The monoisotopic (exact) mass is 330 g/mol. The first-order valence-electron chi connectivity index (χ1n) is 6.47. The SMILES string of the molecule is Cc1ccc(C(C)Nc2nc3c(Br)cccn3n2)cc1. The van der Waals surface area contributed by atoms with E-state index in [-0.39, 0.29) is 6.04 Å². The van der Waals surface area contributed by atoms with Crippen molar-refractivity contribution in [2.45, 2.75) is 19.9 Å². The van der Waals surface area contributed by atoms with Gasteiger partial charge in [0, 0.05) is 6.20 Å². The summed E-state index contributed by atoms with van der Waals surface area (Å²) >= 11 is 3.48. The largest absolute Gasteiger partial charge is 0.346 e. The van der Waals surface area contributed by atoms with Gasteiger partial charge in [0.25, 0.3) is 0 Å². The van der Waals surface area contributed by atoms with Gasteiger partial charge in [0.1, 0.15) is 0 Å². The van der Waals surface area contributed by atoms with Gasteiger partial charge in [-0.2, -0.15) is 4.98 Å². The second kappa shape index (κ2) is 5.25. The summed E-state index contributed by atoms with van der Waals surface area (Å²) in [4.78, 5) is 4.49. The minimum absolute atomic E-state index is 0.159. The van der Waals surface area contributed by atoms with Crippen molar-refractivity contribution in [2.75, 3.05) is 5.32 Å². The van der Waals surface area contributed by atoms with Crippen LogP contribution in [0.3, 0.4) is 0 Å². The molecule has 0 aliphatic rings. The Hall–Kier alpha value is -1.88. The molecule has 3 aromatic rings. The van der Waals surface area contributed by atoms with Crippen molar-refractivity contribution in [3.63, 3.8) is 0 Å². The summed E-state index contributed by atoms with van der Waals surface area (Å²) in [6.45, 7) is 4.19. The van der Waals surface area contributed by atoms with Crippen LogP contribution < -0.4 is 5.32 Å². The third kappa shape index (κ3) is 2.54. The van der Waals surface area contributed by atoms with Crippen LogP contribution in [0, 0.1) is 6.92 Å². The average Bonchev–Trinajstić information content (AvgIpc) is 2.83. The van der Waals surface area contributed by atoms with Crippen LogP contribution in [0.25, 0.3) is 5.65 Å². The Morgan fingerprint density at radius 2 is 1.95 bits per heavy atom. The van der Waals surface area contributed by atoms with E-state index in [0.717, 1.165) is 10.1 Å². The molecule has 102 valence electrons. The van der Waals surface area contributed by atoms with Crippen molar-refractivity contribution in [1.82, 2.24) is 14.6 Å². The van der Waals surface area contributed by atoms with Crippen LogP contribution >= 0.6 is 15.9 Å². The van der Waals surface area contributed by atoms with Gasteiger partial charge in [-0.1, -0.05) is 29.8 Å². The molecule has 1 unspecified atom stereocenters. The van der Waals surface area contributed by atoms with Gasteiger partial charge >= 0.3 is 0 Å². The van der Waals surface area contributed by atoms with Crippen LogP contribution in [0.2, 0.25) is 0 Å². The predicted molar refractivity (Wildman–Crippen MR) is 83.9 cm³/mol. The number of fused-ring (bicyclic) bond motifs is 1. The smallest absolute Gasteiger partial charge is 0.243 e. The Kier molecular flexibility index (Phi) is 3.44. The molecule has 0 aliphatic heterocycles. The molecular formula is C15H15BrN4. The molecule has 0 bridgehead atoms. The third-order valence-electron chi connectivity index (χ3n) is 3.24. The third-order valence-corrected chi connectivity index (χ3v) is 3.86. The Balaban J connectivity index is 1.85. The number of hydrogen-bond acceptors (Lipinski definition) is 3. The molecular weight excluding hydrogens is 316 g/mol. The molecule has 0 saturated carbocycles. The van der Waals surface area contributed by atoms with Gasteiger partial charge in [0.15, 0.2) is 5.65 Å². The van der Waals surface area contributed by atoms with Crippen LogP contribution in [0.4, 0.5) is 5.95 Å². The van der Waals surface area contributed by atoms with Gasteiger partial charge in [-0.15, -0.1) is 5.10 Å². The number of pyridine rings is 1. The number of rotatable bonds is 3. The normalized spacial score (nSPS) is 12.6. The number of hydrogen-bond donors (Lipinski definition) is 1. The molecule has 0 saturated heterocycles. The summed E-state index contributed by atoms with van der Waals surface area (Å²) in [7, 11) is 0. The quantitative estimate of drug-likeness (QED) is 0.789. The van der Waals surface area contributed by atoms with Crippen molar-refractivity contribution in [2.24, 2.45) is 0 Å². The summed E-state index contributed by atoms with van der Waals surface area (Å²) in [5.41, 5.74) is 3.29. The standard InChI is InChI=1S/C15H15BrN4/c1-10-5-7-12(8-6-10)11(2)17-15-18-14-13(16)4-3-9-20(14)19-15/h3-9,11H,1-2H3,(H,17,19). The van der Waals surface area contributed by atoms with Gasteiger partial charge in [-0.05, 0) is 47.5 Å². The molecule has 0 radical (unpaired) electrons. The van der Waals surface area contributed by atoms with Crippen molar-refractivity contribution < 1.29 is 0 Å². The van der Waals surface area contributed by atoms with Gasteiger partial charge in [-0.3, -0.25) is 0 Å². The van der Waals surface area contributed by atoms with Crippen molar-refractivity contribution >= 4 is 27.5 Å². The highest BCUT2D eigenvalue weighted by Crippen LogP contribution is 2.20. The number of halogens is 1. The summed E-state index contributed by atoms with van der Waals surface area (Å²) in [6, 6.07) is 12.5. The first-order chi connectivity index (χ1) is 9.63. The number of nitrogens with zero attached hydrogens (tertiary/aromatic N) is 3. The zero-order valence-electron chi connectivity index (χ0n) is 11.3. The molecule has 2 heterocycles. The van der Waals surface area contributed by atoms with Gasteiger partial charge in [0.2, 0.25) is 5.95 Å². The van der Waals surface area contributed by atoms with E-state index in [1.165, 1.54) is 11.1 Å². The summed E-state index contributed by atoms with van der Waals surface area (Å²) in [6.07, 6.45) is 1.88. The Morgan fingerprint density at radius 1 is 1.20 bits per heavy atom. The maximum Gasteiger partial charge on any atom is 0.243 e. The topological polar surface area (TPSA) is 42.2 Å². The second-order valence-electron chi connectivity index (χ2n) is 4.84. The molecule has 0 spiro atoms. The molecule has 0 amide bonds. The molecule has 2 aromatic heterocycles. The fraction of sp³-hybridized carbons (Fsp3) is 0.200. The lowest BCUT2D eigenvalue weighted by Gasteiger charge is -2.12. The molecule has 0 fully saturated rings. The summed E-state index contributed by atoms with van der Waals surface area (Å²) in [5.74, 6) is 0.630. The highest BCUT2D eigenvalue weighted by atomic mass is 79.9. The Labute approximate surface area is 126 Å². The summed E-state index contributed by atoms with van der Waals surface area (Å²) < 4.78 is 2.69. The molecule has 5 heteroatoms. The Morgan fingerprint density at radius 3 is 2.65 bits per heavy atom. The molecule has 0 aliphatic carbocycles. The van der Waals surface area contributed by atoms with Gasteiger partial charge in [0.05, 0.1) is 10.5 Å². The predicted octanol–water partition coefficient (Wildman–Crippen LogP) is 3.97. The van der Waals surface area contributed by atoms with Crippen LogP contribution in [0.15, 0.2) is 47.1 Å². The number of nitrogens with one attached hydrogen (secondary N) is 1. The van der Waals surface area contributed by atoms with Gasteiger partial charge in [-0.25, -0.2) is 4.52 Å². The lowest BCUT2D eigenvalue weighted by molar-refractivity contribution is 0.852. The van der Waals surface area contributed by atoms with Crippen LogP contribution in [0.1, 0.15) is 24.1 Å². The molecule has 1 N–H and O–H groups in total. The lowest BCUT2D eigenvalue weighted by atomic mass is 10.1. The molecule has 20 heavy (non-hydrogen) atoms. The fourth-order valence-corrected chi connectivity index (χ4v) is 2.49. The van der Waals surface area contributed by atoms with E-state index in [9.17, 15) is 0 Å². The maximum atomic E-state index is 4.49. The molecule has 4 nitrogen and oxygen atoms in total. The average molecular weight is 331 g/mol. The van der Waals surface area contributed by atoms with E-state index in [0.29, 0.717) is 5.95 Å². The van der Waals surface area contributed by atoms with Gasteiger partial charge < -0.3 is 5.32 Å². The van der Waals surface area contributed by atoms with Crippen LogP contribution in [-0.4, -0.2) is 14.6 Å². The Bertz CT molecular complexity index is 733. The zero-order valence-corrected chi connectivity index (χ0v) is 12.9. The van der Waals surface area contributed by atoms with E-state index in [1.54, 1.807) is 4.52 Å². The minimum Gasteiger partial charge on any atom is -0.346 e. The minimum atomic E-state index is 0.159. The zero-order chi connectivity index (χ0) is 14.1. The van der Waals surface area contributed by atoms with E-state index in [2.05, 4.69) is 69.4 Å². The lowest BCUT2D eigenvalue weighted by Crippen LogP contribution is -2.07. The first kappa shape index (κ1) is 13.1. The van der Waals surface area contributed by atoms with E-state index >= 15 is 0 Å². The van der Waals surface area contributed by atoms with Crippen molar-refractivity contribution in [3.05, 3.63) is 58.2 Å². The highest BCUT2D eigenvalue weighted by molar-refractivity contribution is 9.10. The van der Waals surface area contributed by atoms with Crippen LogP contribution in [0.5, 0.6) is 0 Å². The number of aryl methyl sites for hydroxylation is 1.